The number of aromatic hydroxyl groups is 1. The monoisotopic (exact) mass is 382 g/mol. The molecule has 0 bridgehead atoms. The highest BCUT2D eigenvalue weighted by atomic mass is 32.2. The van der Waals surface area contributed by atoms with Crippen molar-refractivity contribution in [2.24, 2.45) is 9.98 Å². The first-order valence-electron chi connectivity index (χ1n) is 8.55. The summed E-state index contributed by atoms with van der Waals surface area (Å²) < 4.78 is 16.5. The van der Waals surface area contributed by atoms with E-state index in [9.17, 15) is 5.11 Å². The molecule has 0 aliphatic carbocycles. The molecule has 0 fully saturated rings. The van der Waals surface area contributed by atoms with E-state index < -0.39 is 0 Å². The molecule has 4 rings (SSSR count). The molecular weight excluding hydrogens is 364 g/mol. The summed E-state index contributed by atoms with van der Waals surface area (Å²) in [7, 11) is 0. The zero-order chi connectivity index (χ0) is 18.6. The van der Waals surface area contributed by atoms with Crippen LogP contribution in [0.2, 0.25) is 0 Å². The van der Waals surface area contributed by atoms with E-state index in [1.54, 1.807) is 36.9 Å². The Kier molecular flexibility index (Phi) is 5.02. The third kappa shape index (κ3) is 3.78. The largest absolute Gasteiger partial charge is 0.504 e. The van der Waals surface area contributed by atoms with Gasteiger partial charge in [0.2, 0.25) is 0 Å². The van der Waals surface area contributed by atoms with E-state index in [-0.39, 0.29) is 17.0 Å². The topological polar surface area (TPSA) is 80.5 Å². The van der Waals surface area contributed by atoms with Gasteiger partial charge in [0.25, 0.3) is 0 Å². The van der Waals surface area contributed by atoms with Gasteiger partial charge in [0, 0.05) is 6.21 Å². The standard InChI is InChI=1S/C20H18N2O4S/c1-2-24-17-11-13(7-8-14(17)23)12-21-20-22-18(15-5-3-9-25-15)19(27-20)16-6-4-10-26-16/h3-12,18-19,23H,2H2,1H3/t18-,19-/m0/s1. The van der Waals surface area contributed by atoms with E-state index in [1.807, 2.05) is 31.2 Å². The molecule has 0 amide bonds. The zero-order valence-electron chi connectivity index (χ0n) is 14.6. The lowest BCUT2D eigenvalue weighted by Gasteiger charge is -2.11. The summed E-state index contributed by atoms with van der Waals surface area (Å²) in [6.07, 6.45) is 5.00. The van der Waals surface area contributed by atoms with Crippen molar-refractivity contribution in [1.29, 1.82) is 0 Å². The van der Waals surface area contributed by atoms with Crippen molar-refractivity contribution < 1.29 is 18.7 Å². The molecule has 3 aromatic rings. The number of phenolic OH excluding ortho intramolecular Hbond substituents is 1. The molecule has 1 aromatic carbocycles. The molecule has 0 radical (unpaired) electrons. The first-order valence-corrected chi connectivity index (χ1v) is 9.43. The minimum atomic E-state index is -0.192. The number of thioether (sulfide) groups is 1. The van der Waals surface area contributed by atoms with Gasteiger partial charge in [-0.15, -0.1) is 0 Å². The van der Waals surface area contributed by atoms with Gasteiger partial charge < -0.3 is 18.7 Å². The Hall–Kier alpha value is -2.93. The molecule has 27 heavy (non-hydrogen) atoms. The van der Waals surface area contributed by atoms with Crippen LogP contribution in [0, 0.1) is 0 Å². The molecule has 2 atom stereocenters. The molecule has 0 unspecified atom stereocenters. The van der Waals surface area contributed by atoms with Crippen LogP contribution < -0.4 is 4.74 Å². The van der Waals surface area contributed by atoms with Crippen molar-refractivity contribution >= 4 is 23.1 Å². The van der Waals surface area contributed by atoms with Gasteiger partial charge in [0.05, 0.1) is 19.1 Å². The quantitative estimate of drug-likeness (QED) is 0.629. The number of nitrogens with zero attached hydrogens (tertiary/aromatic N) is 2. The summed E-state index contributed by atoms with van der Waals surface area (Å²) in [5.41, 5.74) is 0.815. The fraction of sp³-hybridized carbons (Fsp3) is 0.200. The summed E-state index contributed by atoms with van der Waals surface area (Å²) in [5, 5.41) is 10.4. The van der Waals surface area contributed by atoms with Crippen LogP contribution >= 0.6 is 11.8 Å². The number of ether oxygens (including phenoxy) is 1. The number of hydrogen-bond donors (Lipinski definition) is 1. The van der Waals surface area contributed by atoms with Crippen LogP contribution in [-0.4, -0.2) is 23.1 Å². The molecule has 0 saturated heterocycles. The average Bonchev–Trinajstić information content (AvgIpc) is 3.42. The van der Waals surface area contributed by atoms with Crippen LogP contribution in [0.15, 0.2) is 73.8 Å². The fourth-order valence-corrected chi connectivity index (χ4v) is 3.90. The molecular formula is C20H18N2O4S. The van der Waals surface area contributed by atoms with Crippen LogP contribution in [0.4, 0.5) is 0 Å². The molecule has 1 aliphatic heterocycles. The summed E-state index contributed by atoms with van der Waals surface area (Å²) in [5.74, 6) is 2.15. The number of phenols is 1. The Morgan fingerprint density at radius 3 is 2.67 bits per heavy atom. The minimum Gasteiger partial charge on any atom is -0.504 e. The lowest BCUT2D eigenvalue weighted by Crippen LogP contribution is -1.99. The van der Waals surface area contributed by atoms with E-state index in [1.165, 1.54) is 11.8 Å². The second kappa shape index (κ2) is 7.75. The molecule has 3 heterocycles. The lowest BCUT2D eigenvalue weighted by molar-refractivity contribution is 0.318. The van der Waals surface area contributed by atoms with E-state index in [0.717, 1.165) is 17.1 Å². The maximum atomic E-state index is 9.81. The fourth-order valence-electron chi connectivity index (χ4n) is 2.81. The van der Waals surface area contributed by atoms with Gasteiger partial charge in [-0.05, 0) is 55.0 Å². The summed E-state index contributed by atoms with van der Waals surface area (Å²) in [6.45, 7) is 2.35. The second-order valence-electron chi connectivity index (χ2n) is 5.84. The normalized spacial score (nSPS) is 19.5. The number of furan rings is 2. The Morgan fingerprint density at radius 2 is 1.96 bits per heavy atom. The number of aliphatic imine (C=N–C) groups is 2. The third-order valence-corrected chi connectivity index (χ3v) is 5.20. The SMILES string of the molecule is CCOc1cc(C=NC2=N[C@@H](c3ccco3)[C@H](c3ccco3)S2)ccc1O. The lowest BCUT2D eigenvalue weighted by atomic mass is 10.1. The highest BCUT2D eigenvalue weighted by Crippen LogP contribution is 2.48. The van der Waals surface area contributed by atoms with Crippen molar-refractivity contribution in [3.05, 3.63) is 72.1 Å². The van der Waals surface area contributed by atoms with E-state index in [0.29, 0.717) is 17.5 Å². The van der Waals surface area contributed by atoms with E-state index >= 15 is 0 Å². The number of benzene rings is 1. The van der Waals surface area contributed by atoms with Gasteiger partial charge in [0.15, 0.2) is 16.7 Å². The van der Waals surface area contributed by atoms with Gasteiger partial charge in [-0.2, -0.15) is 0 Å². The Balaban J connectivity index is 1.58. The maximum absolute atomic E-state index is 9.81. The van der Waals surface area contributed by atoms with Gasteiger partial charge in [-0.25, -0.2) is 9.98 Å². The number of amidine groups is 1. The first kappa shape index (κ1) is 17.5. The third-order valence-electron chi connectivity index (χ3n) is 4.03. The number of hydrogen-bond acceptors (Lipinski definition) is 7. The van der Waals surface area contributed by atoms with E-state index in [4.69, 9.17) is 18.6 Å². The smallest absolute Gasteiger partial charge is 0.184 e. The van der Waals surface area contributed by atoms with Crippen molar-refractivity contribution in [3.63, 3.8) is 0 Å². The van der Waals surface area contributed by atoms with E-state index in [2.05, 4.69) is 4.99 Å². The molecule has 6 nitrogen and oxygen atoms in total. The van der Waals surface area contributed by atoms with Crippen LogP contribution in [-0.2, 0) is 0 Å². The van der Waals surface area contributed by atoms with Crippen LogP contribution in [0.1, 0.15) is 35.3 Å². The minimum absolute atomic E-state index is 0.0305. The van der Waals surface area contributed by atoms with Gasteiger partial charge >= 0.3 is 0 Å². The molecule has 2 aromatic heterocycles. The zero-order valence-corrected chi connectivity index (χ0v) is 15.4. The Labute approximate surface area is 160 Å². The molecule has 138 valence electrons. The van der Waals surface area contributed by atoms with Crippen LogP contribution in [0.3, 0.4) is 0 Å². The van der Waals surface area contributed by atoms with Gasteiger partial charge in [-0.3, -0.25) is 0 Å². The van der Waals surface area contributed by atoms with Crippen molar-refractivity contribution in [1.82, 2.24) is 0 Å². The van der Waals surface area contributed by atoms with Crippen LogP contribution in [0.5, 0.6) is 11.5 Å². The van der Waals surface area contributed by atoms with Crippen molar-refractivity contribution in [2.45, 2.75) is 18.2 Å². The summed E-state index contributed by atoms with van der Waals surface area (Å²) >= 11 is 1.53. The van der Waals surface area contributed by atoms with Crippen molar-refractivity contribution in [3.8, 4) is 11.5 Å². The van der Waals surface area contributed by atoms with Gasteiger partial charge in [-0.1, -0.05) is 11.8 Å². The average molecular weight is 382 g/mol. The second-order valence-corrected chi connectivity index (χ2v) is 6.95. The highest BCUT2D eigenvalue weighted by Gasteiger charge is 2.36. The first-order chi connectivity index (χ1) is 13.2. The van der Waals surface area contributed by atoms with Crippen LogP contribution in [0.25, 0.3) is 0 Å². The van der Waals surface area contributed by atoms with Gasteiger partial charge in [0.1, 0.15) is 22.8 Å². The summed E-state index contributed by atoms with van der Waals surface area (Å²) in [4.78, 5) is 9.22. The molecule has 7 heteroatoms. The maximum Gasteiger partial charge on any atom is 0.184 e. The molecule has 1 aliphatic rings. The predicted octanol–water partition coefficient (Wildman–Crippen LogP) is 4.98. The Bertz CT molecular complexity index is 949. The number of rotatable bonds is 5. The molecule has 0 spiro atoms. The summed E-state index contributed by atoms with van der Waals surface area (Å²) in [6, 6.07) is 12.5. The molecule has 0 saturated carbocycles. The Morgan fingerprint density at radius 1 is 1.19 bits per heavy atom. The predicted molar refractivity (Wildman–Crippen MR) is 105 cm³/mol. The highest BCUT2D eigenvalue weighted by molar-refractivity contribution is 8.14. The van der Waals surface area contributed by atoms with Crippen molar-refractivity contribution in [2.75, 3.05) is 6.61 Å². The molecule has 1 N–H and O–H groups in total.